The quantitative estimate of drug-likeness (QED) is 0.414. The first kappa shape index (κ1) is 17.7. The van der Waals surface area contributed by atoms with Crippen LogP contribution in [0.15, 0.2) is 36.0 Å². The van der Waals surface area contributed by atoms with Gasteiger partial charge in [-0.1, -0.05) is 0 Å². The first-order chi connectivity index (χ1) is 10.8. The van der Waals surface area contributed by atoms with Gasteiger partial charge in [0.05, 0.1) is 0 Å². The lowest BCUT2D eigenvalue weighted by Crippen LogP contribution is -2.39. The fraction of sp³-hybridized carbons (Fsp3) is 0.200. The molecule has 0 radical (unpaired) electrons. The van der Waals surface area contributed by atoms with Crippen molar-refractivity contribution < 1.29 is 19.5 Å². The van der Waals surface area contributed by atoms with Crippen molar-refractivity contribution in [1.82, 2.24) is 5.32 Å². The van der Waals surface area contributed by atoms with Gasteiger partial charge in [0.15, 0.2) is 0 Å². The molecule has 1 atom stereocenters. The number of rotatable bonds is 5. The molecule has 8 heteroatoms. The predicted octanol–water partition coefficient (Wildman–Crippen LogP) is 0.618. The zero-order valence-electron chi connectivity index (χ0n) is 12.6. The van der Waals surface area contributed by atoms with Gasteiger partial charge in [-0.25, -0.2) is 0 Å². The van der Waals surface area contributed by atoms with Gasteiger partial charge < -0.3 is 16.2 Å². The van der Waals surface area contributed by atoms with E-state index < -0.39 is 29.4 Å². The molecule has 0 saturated carbocycles. The zero-order valence-corrected chi connectivity index (χ0v) is 12.6. The van der Waals surface area contributed by atoms with Gasteiger partial charge in [-0.05, 0) is 31.2 Å². The molecule has 0 aromatic heterocycles. The molecule has 2 amide bonds. The number of anilines is 2. The Balaban J connectivity index is 3.11. The molecular weight excluding hydrogens is 300 g/mol. The summed E-state index contributed by atoms with van der Waals surface area (Å²) in [6.07, 6.45) is 1.05. The van der Waals surface area contributed by atoms with Crippen molar-refractivity contribution in [2.45, 2.75) is 19.9 Å². The third-order valence-electron chi connectivity index (χ3n) is 2.85. The SMILES string of the molecule is CC(=O)N(/C=C(/C#N)C(=O)NC(C)C(=O)O)c1ccc(N)cc1. The number of carbonyl (C=O) groups excluding carboxylic acids is 2. The average Bonchev–Trinajstić information content (AvgIpc) is 2.49. The molecule has 0 bridgehead atoms. The number of carboxylic acids is 1. The molecule has 0 aliphatic rings. The highest BCUT2D eigenvalue weighted by atomic mass is 16.4. The molecule has 0 saturated heterocycles. The summed E-state index contributed by atoms with van der Waals surface area (Å²) in [6, 6.07) is 6.73. The molecule has 23 heavy (non-hydrogen) atoms. The lowest BCUT2D eigenvalue weighted by Gasteiger charge is -2.17. The minimum atomic E-state index is -1.24. The van der Waals surface area contributed by atoms with Gasteiger partial charge in [-0.2, -0.15) is 5.26 Å². The van der Waals surface area contributed by atoms with Crippen LogP contribution < -0.4 is 16.0 Å². The van der Waals surface area contributed by atoms with E-state index in [1.165, 1.54) is 13.8 Å². The molecule has 8 nitrogen and oxygen atoms in total. The largest absolute Gasteiger partial charge is 0.480 e. The first-order valence-electron chi connectivity index (χ1n) is 6.57. The Morgan fingerprint density at radius 3 is 2.35 bits per heavy atom. The number of amides is 2. The monoisotopic (exact) mass is 316 g/mol. The van der Waals surface area contributed by atoms with Gasteiger partial charge >= 0.3 is 5.97 Å². The topological polar surface area (TPSA) is 137 Å². The summed E-state index contributed by atoms with van der Waals surface area (Å²) in [7, 11) is 0. The van der Waals surface area contributed by atoms with Crippen molar-refractivity contribution in [3.63, 3.8) is 0 Å². The Labute approximate surface area is 132 Å². The minimum Gasteiger partial charge on any atom is -0.480 e. The van der Waals surface area contributed by atoms with E-state index in [-0.39, 0.29) is 0 Å². The van der Waals surface area contributed by atoms with Crippen molar-refractivity contribution in [2.24, 2.45) is 0 Å². The molecule has 0 spiro atoms. The van der Waals surface area contributed by atoms with Crippen LogP contribution in [0.4, 0.5) is 11.4 Å². The Hall–Kier alpha value is -3.34. The van der Waals surface area contributed by atoms with Gasteiger partial charge in [-0.3, -0.25) is 19.3 Å². The van der Waals surface area contributed by atoms with Crippen LogP contribution in [0.3, 0.4) is 0 Å². The van der Waals surface area contributed by atoms with E-state index in [9.17, 15) is 14.4 Å². The fourth-order valence-corrected chi connectivity index (χ4v) is 1.59. The number of nitriles is 1. The smallest absolute Gasteiger partial charge is 0.325 e. The molecule has 1 rings (SSSR count). The van der Waals surface area contributed by atoms with Crippen LogP contribution >= 0.6 is 0 Å². The van der Waals surface area contributed by atoms with E-state index in [0.717, 1.165) is 11.1 Å². The van der Waals surface area contributed by atoms with E-state index in [0.29, 0.717) is 11.4 Å². The molecule has 120 valence electrons. The first-order valence-corrected chi connectivity index (χ1v) is 6.57. The number of nitrogens with one attached hydrogen (secondary N) is 1. The molecule has 0 aliphatic heterocycles. The maximum atomic E-state index is 11.9. The summed E-state index contributed by atoms with van der Waals surface area (Å²) in [5, 5.41) is 20.0. The third kappa shape index (κ3) is 4.86. The lowest BCUT2D eigenvalue weighted by molar-refractivity contribution is -0.140. The molecule has 1 aromatic carbocycles. The van der Waals surface area contributed by atoms with Crippen molar-refractivity contribution >= 4 is 29.2 Å². The molecule has 0 heterocycles. The zero-order chi connectivity index (χ0) is 17.6. The summed E-state index contributed by atoms with van der Waals surface area (Å²) >= 11 is 0. The summed E-state index contributed by atoms with van der Waals surface area (Å²) < 4.78 is 0. The normalized spacial score (nSPS) is 12.0. The number of carboxylic acid groups (broad SMARTS) is 1. The second-order valence-corrected chi connectivity index (χ2v) is 4.67. The standard InChI is InChI=1S/C15H16N4O4/c1-9(15(22)23)18-14(21)11(7-16)8-19(10(2)20)13-5-3-12(17)4-6-13/h3-6,8-9H,17H2,1-2H3,(H,18,21)(H,22,23)/b11-8-. The van der Waals surface area contributed by atoms with Gasteiger partial charge in [0.25, 0.3) is 5.91 Å². The number of aliphatic carboxylic acids is 1. The van der Waals surface area contributed by atoms with Gasteiger partial charge in [0.1, 0.15) is 17.7 Å². The summed E-state index contributed by atoms with van der Waals surface area (Å²) in [5.41, 5.74) is 6.08. The molecule has 1 aromatic rings. The van der Waals surface area contributed by atoms with Crippen LogP contribution in [0.5, 0.6) is 0 Å². The Morgan fingerprint density at radius 1 is 1.35 bits per heavy atom. The molecular formula is C15H16N4O4. The third-order valence-corrected chi connectivity index (χ3v) is 2.85. The lowest BCUT2D eigenvalue weighted by atomic mass is 10.2. The van der Waals surface area contributed by atoms with Crippen LogP contribution in [0, 0.1) is 11.3 Å². The van der Waals surface area contributed by atoms with E-state index in [4.69, 9.17) is 16.1 Å². The second kappa shape index (κ2) is 7.61. The van der Waals surface area contributed by atoms with Crippen LogP contribution in [0.1, 0.15) is 13.8 Å². The Kier molecular flexibility index (Phi) is 5.86. The Morgan fingerprint density at radius 2 is 1.91 bits per heavy atom. The molecule has 4 N–H and O–H groups in total. The van der Waals surface area contributed by atoms with Crippen molar-refractivity contribution in [1.29, 1.82) is 5.26 Å². The molecule has 0 fully saturated rings. The molecule has 1 unspecified atom stereocenters. The van der Waals surface area contributed by atoms with E-state index in [1.54, 1.807) is 30.3 Å². The highest BCUT2D eigenvalue weighted by molar-refractivity contribution is 6.02. The highest BCUT2D eigenvalue weighted by Crippen LogP contribution is 2.18. The number of nitrogens with zero attached hydrogens (tertiary/aromatic N) is 2. The number of carbonyl (C=O) groups is 3. The Bertz CT molecular complexity index is 688. The van der Waals surface area contributed by atoms with E-state index in [2.05, 4.69) is 5.32 Å². The fourth-order valence-electron chi connectivity index (χ4n) is 1.59. The van der Waals surface area contributed by atoms with Gasteiger partial charge in [-0.15, -0.1) is 0 Å². The second-order valence-electron chi connectivity index (χ2n) is 4.67. The van der Waals surface area contributed by atoms with Crippen LogP contribution in [-0.2, 0) is 14.4 Å². The van der Waals surface area contributed by atoms with Crippen molar-refractivity contribution in [2.75, 3.05) is 10.6 Å². The minimum absolute atomic E-state index is 0.398. The number of benzene rings is 1. The van der Waals surface area contributed by atoms with Crippen LogP contribution in [0.2, 0.25) is 0 Å². The van der Waals surface area contributed by atoms with Gasteiger partial charge in [0.2, 0.25) is 5.91 Å². The van der Waals surface area contributed by atoms with Crippen molar-refractivity contribution in [3.05, 3.63) is 36.0 Å². The maximum Gasteiger partial charge on any atom is 0.325 e. The number of hydrogen-bond donors (Lipinski definition) is 3. The average molecular weight is 316 g/mol. The van der Waals surface area contributed by atoms with Crippen molar-refractivity contribution in [3.8, 4) is 6.07 Å². The number of hydrogen-bond acceptors (Lipinski definition) is 5. The van der Waals surface area contributed by atoms with Crippen LogP contribution in [-0.4, -0.2) is 28.9 Å². The van der Waals surface area contributed by atoms with Crippen LogP contribution in [0.25, 0.3) is 0 Å². The summed E-state index contributed by atoms with van der Waals surface area (Å²) in [4.78, 5) is 35.5. The van der Waals surface area contributed by atoms with Gasteiger partial charge in [0, 0.05) is 24.5 Å². The number of nitrogen functional groups attached to an aromatic ring is 1. The summed E-state index contributed by atoms with van der Waals surface area (Å²) in [5.74, 6) is -2.55. The highest BCUT2D eigenvalue weighted by Gasteiger charge is 2.19. The predicted molar refractivity (Wildman–Crippen MR) is 83.0 cm³/mol. The van der Waals surface area contributed by atoms with E-state index in [1.807, 2.05) is 0 Å². The molecule has 0 aliphatic carbocycles. The number of nitrogens with two attached hydrogens (primary N) is 1. The van der Waals surface area contributed by atoms with E-state index >= 15 is 0 Å². The summed E-state index contributed by atoms with van der Waals surface area (Å²) in [6.45, 7) is 2.53. The maximum absolute atomic E-state index is 11.9.